The number of nitrogens with zero attached hydrogens (tertiary/aromatic N) is 1. The number of methoxy groups -OCH3 is 1. The number of halogens is 1. The van der Waals surface area contributed by atoms with Crippen LogP contribution < -0.4 is 14.8 Å². The van der Waals surface area contributed by atoms with Gasteiger partial charge in [0.05, 0.1) is 29.0 Å². The number of nitrogens with one attached hydrogen (secondary N) is 2. The number of nitro benzene ring substituents is 1. The molecule has 0 saturated heterocycles. The summed E-state index contributed by atoms with van der Waals surface area (Å²) in [5.41, 5.74) is -0.503. The van der Waals surface area contributed by atoms with E-state index in [1.807, 2.05) is 0 Å². The Kier molecular flexibility index (Phi) is 6.19. The normalized spacial score (nSPS) is 11.0. The van der Waals surface area contributed by atoms with Crippen LogP contribution in [-0.4, -0.2) is 32.1 Å². The average molecular weight is 411 g/mol. The largest absolute Gasteiger partial charge is 0.494 e. The van der Waals surface area contributed by atoms with Crippen LogP contribution in [0.2, 0.25) is 0 Å². The summed E-state index contributed by atoms with van der Waals surface area (Å²) in [7, 11) is -2.21. The van der Waals surface area contributed by atoms with E-state index in [-0.39, 0.29) is 34.0 Å². The molecule has 0 saturated carbocycles. The number of ether oxygens (including phenoxy) is 1. The molecule has 2 aromatic rings. The minimum Gasteiger partial charge on any atom is -0.494 e. The van der Waals surface area contributed by atoms with Crippen molar-refractivity contribution in [1.29, 1.82) is 0 Å². The summed E-state index contributed by atoms with van der Waals surface area (Å²) >= 11 is 0. The third-order valence-corrected chi connectivity index (χ3v) is 5.17. The average Bonchev–Trinajstić information content (AvgIpc) is 2.64. The van der Waals surface area contributed by atoms with Crippen LogP contribution in [-0.2, 0) is 10.0 Å². The first-order valence-corrected chi connectivity index (χ1v) is 9.67. The van der Waals surface area contributed by atoms with Crippen LogP contribution in [0.5, 0.6) is 5.75 Å². The zero-order valence-corrected chi connectivity index (χ0v) is 16.1. The highest BCUT2D eigenvalue weighted by Gasteiger charge is 2.20. The van der Waals surface area contributed by atoms with Crippen molar-refractivity contribution in [3.63, 3.8) is 0 Å². The molecule has 0 aliphatic carbocycles. The van der Waals surface area contributed by atoms with Gasteiger partial charge >= 0.3 is 0 Å². The lowest BCUT2D eigenvalue weighted by atomic mass is 10.1. The molecule has 11 heteroatoms. The van der Waals surface area contributed by atoms with Crippen molar-refractivity contribution in [1.82, 2.24) is 0 Å². The first-order valence-electron chi connectivity index (χ1n) is 8.02. The van der Waals surface area contributed by atoms with E-state index in [0.717, 1.165) is 12.1 Å². The van der Waals surface area contributed by atoms with E-state index in [1.165, 1.54) is 39.2 Å². The summed E-state index contributed by atoms with van der Waals surface area (Å²) in [6.45, 7) is 2.72. The minimum absolute atomic E-state index is 0.133. The fraction of sp³-hybridized carbons (Fsp3) is 0.235. The molecule has 1 amide bonds. The summed E-state index contributed by atoms with van der Waals surface area (Å²) in [6, 6.07) is 6.05. The number of rotatable bonds is 7. The molecule has 150 valence electrons. The number of nitro groups is 1. The Balaban J connectivity index is 2.31. The number of carbonyl (C=O) groups is 1. The van der Waals surface area contributed by atoms with Gasteiger partial charge in [0.15, 0.2) is 0 Å². The molecule has 2 aromatic carbocycles. The molecule has 0 aliphatic rings. The van der Waals surface area contributed by atoms with Gasteiger partial charge in [0, 0.05) is 23.4 Å². The van der Waals surface area contributed by atoms with Crippen molar-refractivity contribution in [2.24, 2.45) is 0 Å². The van der Waals surface area contributed by atoms with Crippen molar-refractivity contribution in [2.45, 2.75) is 13.8 Å². The van der Waals surface area contributed by atoms with Crippen LogP contribution in [0.15, 0.2) is 30.3 Å². The van der Waals surface area contributed by atoms with Crippen molar-refractivity contribution in [2.75, 3.05) is 22.9 Å². The third kappa shape index (κ3) is 4.74. The molecule has 0 atom stereocenters. The van der Waals surface area contributed by atoms with Crippen LogP contribution in [0, 0.1) is 22.9 Å². The van der Waals surface area contributed by atoms with Crippen molar-refractivity contribution in [3.05, 3.63) is 57.4 Å². The van der Waals surface area contributed by atoms with Gasteiger partial charge in [-0.25, -0.2) is 12.8 Å². The lowest BCUT2D eigenvalue weighted by molar-refractivity contribution is -0.385. The zero-order chi connectivity index (χ0) is 21.1. The van der Waals surface area contributed by atoms with Crippen molar-refractivity contribution >= 4 is 33.0 Å². The quantitative estimate of drug-likeness (QED) is 0.532. The molecule has 0 heterocycles. The lowest BCUT2D eigenvalue weighted by Crippen LogP contribution is -2.16. The molecule has 0 unspecified atom stereocenters. The number of sulfonamides is 1. The van der Waals surface area contributed by atoms with E-state index < -0.39 is 32.4 Å². The fourth-order valence-electron chi connectivity index (χ4n) is 2.28. The van der Waals surface area contributed by atoms with Crippen molar-refractivity contribution < 1.29 is 27.3 Å². The second-order valence-corrected chi connectivity index (χ2v) is 7.74. The Bertz CT molecular complexity index is 1040. The zero-order valence-electron chi connectivity index (χ0n) is 15.3. The SMILES string of the molecule is CCS(=O)(=O)Nc1ccc(NC(=O)c2cc(F)c(C)c([N+](=O)[O-])c2)cc1OC. The van der Waals surface area contributed by atoms with E-state index in [9.17, 15) is 27.7 Å². The highest BCUT2D eigenvalue weighted by atomic mass is 32.2. The van der Waals surface area contributed by atoms with Gasteiger partial charge in [0.2, 0.25) is 10.0 Å². The first kappa shape index (κ1) is 21.1. The van der Waals surface area contributed by atoms with Gasteiger partial charge in [-0.05, 0) is 32.0 Å². The molecule has 0 aromatic heterocycles. The van der Waals surface area contributed by atoms with Gasteiger partial charge in [-0.1, -0.05) is 0 Å². The second-order valence-electron chi connectivity index (χ2n) is 5.73. The number of anilines is 2. The first-order chi connectivity index (χ1) is 13.1. The molecule has 28 heavy (non-hydrogen) atoms. The summed E-state index contributed by atoms with van der Waals surface area (Å²) in [5, 5.41) is 13.5. The van der Waals surface area contributed by atoms with Crippen LogP contribution in [0.25, 0.3) is 0 Å². The number of hydrogen-bond donors (Lipinski definition) is 2. The molecule has 0 fully saturated rings. The van der Waals surface area contributed by atoms with Gasteiger partial charge < -0.3 is 10.1 Å². The van der Waals surface area contributed by atoms with Crippen molar-refractivity contribution in [3.8, 4) is 5.75 Å². The Morgan fingerprint density at radius 3 is 2.54 bits per heavy atom. The van der Waals surface area contributed by atoms with Gasteiger partial charge in [-0.3, -0.25) is 19.6 Å². The lowest BCUT2D eigenvalue weighted by Gasteiger charge is -2.13. The van der Waals surface area contributed by atoms with Gasteiger partial charge in [0.1, 0.15) is 11.6 Å². The fourth-order valence-corrected chi connectivity index (χ4v) is 2.93. The molecule has 9 nitrogen and oxygen atoms in total. The molecule has 0 radical (unpaired) electrons. The number of amides is 1. The van der Waals surface area contributed by atoms with Gasteiger partial charge in [-0.15, -0.1) is 0 Å². The smallest absolute Gasteiger partial charge is 0.276 e. The molecule has 0 aliphatic heterocycles. The Morgan fingerprint density at radius 2 is 1.96 bits per heavy atom. The molecule has 2 N–H and O–H groups in total. The summed E-state index contributed by atoms with van der Waals surface area (Å²) < 4.78 is 44.8. The number of benzene rings is 2. The summed E-state index contributed by atoms with van der Waals surface area (Å²) in [5.74, 6) is -1.63. The number of carbonyl (C=O) groups excluding carboxylic acids is 1. The van der Waals surface area contributed by atoms with Gasteiger partial charge in [-0.2, -0.15) is 0 Å². The van der Waals surface area contributed by atoms with Crippen LogP contribution in [0.4, 0.5) is 21.5 Å². The molecule has 0 bridgehead atoms. The molecular formula is C17H18FN3O6S. The van der Waals surface area contributed by atoms with E-state index >= 15 is 0 Å². The van der Waals surface area contributed by atoms with E-state index in [0.29, 0.717) is 0 Å². The highest BCUT2D eigenvalue weighted by molar-refractivity contribution is 7.92. The number of hydrogen-bond acceptors (Lipinski definition) is 6. The standard InChI is InChI=1S/C17H18FN3O6S/c1-4-28(25,26)20-14-6-5-12(9-16(14)27-3)19-17(22)11-7-13(18)10(2)15(8-11)21(23)24/h5-9,20H,4H2,1-3H3,(H,19,22). The second kappa shape index (κ2) is 8.21. The van der Waals surface area contributed by atoms with Crippen LogP contribution >= 0.6 is 0 Å². The Morgan fingerprint density at radius 1 is 1.29 bits per heavy atom. The Hall–Kier alpha value is -3.21. The summed E-state index contributed by atoms with van der Waals surface area (Å²) in [4.78, 5) is 22.6. The monoisotopic (exact) mass is 411 g/mol. The maximum absolute atomic E-state index is 13.9. The van der Waals surface area contributed by atoms with E-state index in [4.69, 9.17) is 4.74 Å². The molecule has 2 rings (SSSR count). The van der Waals surface area contributed by atoms with Crippen LogP contribution in [0.3, 0.4) is 0 Å². The van der Waals surface area contributed by atoms with Gasteiger partial charge in [0.25, 0.3) is 11.6 Å². The van der Waals surface area contributed by atoms with E-state index in [2.05, 4.69) is 10.0 Å². The summed E-state index contributed by atoms with van der Waals surface area (Å²) in [6.07, 6.45) is 0. The minimum atomic E-state index is -3.53. The van der Waals surface area contributed by atoms with E-state index in [1.54, 1.807) is 0 Å². The maximum Gasteiger partial charge on any atom is 0.276 e. The molecular weight excluding hydrogens is 393 g/mol. The molecule has 0 spiro atoms. The predicted octanol–water partition coefficient (Wildman–Crippen LogP) is 3.06. The third-order valence-electron chi connectivity index (χ3n) is 3.88. The topological polar surface area (TPSA) is 128 Å². The maximum atomic E-state index is 13.9. The highest BCUT2D eigenvalue weighted by Crippen LogP contribution is 2.29. The predicted molar refractivity (Wildman–Crippen MR) is 102 cm³/mol. The van der Waals surface area contributed by atoms with Crippen LogP contribution in [0.1, 0.15) is 22.8 Å². The Labute approximate surface area is 160 Å².